The van der Waals surface area contributed by atoms with Crippen molar-refractivity contribution < 1.29 is 4.79 Å². The zero-order chi connectivity index (χ0) is 18.3. The average molecular weight is 343 g/mol. The zero-order valence-electron chi connectivity index (χ0n) is 15.2. The fourth-order valence-corrected chi connectivity index (χ4v) is 3.39. The molecule has 0 spiro atoms. The number of nitrogens with one attached hydrogen (secondary N) is 1. The fraction of sp³-hybridized carbons (Fsp3) is 0.182. The highest BCUT2D eigenvalue weighted by Crippen LogP contribution is 2.38. The summed E-state index contributed by atoms with van der Waals surface area (Å²) in [5.41, 5.74) is 6.11. The molecular formula is C22H21N3O. The van der Waals surface area contributed by atoms with Gasteiger partial charge in [-0.2, -0.15) is 0 Å². The Labute approximate surface area is 153 Å². The number of aryl methyl sites for hydroxylation is 3. The third-order valence-corrected chi connectivity index (χ3v) is 4.80. The van der Waals surface area contributed by atoms with Gasteiger partial charge < -0.3 is 5.32 Å². The summed E-state index contributed by atoms with van der Waals surface area (Å²) in [5, 5.41) is 3.57. The lowest BCUT2D eigenvalue weighted by atomic mass is 10.1. The van der Waals surface area contributed by atoms with E-state index in [1.165, 1.54) is 5.56 Å². The van der Waals surface area contributed by atoms with Gasteiger partial charge in [-0.05, 0) is 61.7 Å². The minimum Gasteiger partial charge on any atom is -0.361 e. The summed E-state index contributed by atoms with van der Waals surface area (Å²) < 4.78 is 0. The van der Waals surface area contributed by atoms with Crippen molar-refractivity contribution in [3.63, 3.8) is 0 Å². The van der Waals surface area contributed by atoms with Crippen LogP contribution in [0.1, 0.15) is 38.8 Å². The van der Waals surface area contributed by atoms with Gasteiger partial charge in [0.15, 0.2) is 0 Å². The van der Waals surface area contributed by atoms with Gasteiger partial charge in [0, 0.05) is 23.0 Å². The molecule has 0 unspecified atom stereocenters. The second kappa shape index (κ2) is 6.30. The Balaban J connectivity index is 1.82. The Bertz CT molecular complexity index is 996. The van der Waals surface area contributed by atoms with Crippen LogP contribution in [0.15, 0.2) is 60.8 Å². The van der Waals surface area contributed by atoms with E-state index >= 15 is 0 Å². The maximum Gasteiger partial charge on any atom is 0.261 e. The van der Waals surface area contributed by atoms with E-state index in [2.05, 4.69) is 42.3 Å². The number of pyridine rings is 1. The van der Waals surface area contributed by atoms with Crippen LogP contribution in [0.3, 0.4) is 0 Å². The number of benzene rings is 2. The van der Waals surface area contributed by atoms with E-state index in [9.17, 15) is 4.79 Å². The highest BCUT2D eigenvalue weighted by molar-refractivity contribution is 6.11. The smallest absolute Gasteiger partial charge is 0.261 e. The van der Waals surface area contributed by atoms with Gasteiger partial charge in [0.05, 0.1) is 0 Å². The van der Waals surface area contributed by atoms with Crippen LogP contribution >= 0.6 is 0 Å². The van der Waals surface area contributed by atoms with Crippen LogP contribution in [0.25, 0.3) is 0 Å². The van der Waals surface area contributed by atoms with E-state index in [0.29, 0.717) is 5.82 Å². The molecule has 4 nitrogen and oxygen atoms in total. The van der Waals surface area contributed by atoms with Crippen LogP contribution in [-0.4, -0.2) is 10.9 Å². The molecule has 26 heavy (non-hydrogen) atoms. The monoisotopic (exact) mass is 343 g/mol. The summed E-state index contributed by atoms with van der Waals surface area (Å²) in [7, 11) is 0. The van der Waals surface area contributed by atoms with Crippen LogP contribution in [0, 0.1) is 20.8 Å². The van der Waals surface area contributed by atoms with E-state index in [1.807, 2.05) is 43.3 Å². The van der Waals surface area contributed by atoms with Crippen LogP contribution in [0.4, 0.5) is 11.5 Å². The van der Waals surface area contributed by atoms with E-state index in [4.69, 9.17) is 0 Å². The highest BCUT2D eigenvalue weighted by Gasteiger charge is 2.38. The van der Waals surface area contributed by atoms with Crippen molar-refractivity contribution in [3.8, 4) is 0 Å². The minimum atomic E-state index is -0.284. The highest BCUT2D eigenvalue weighted by atomic mass is 16.2. The second-order valence-electron chi connectivity index (χ2n) is 6.82. The molecule has 4 rings (SSSR count). The van der Waals surface area contributed by atoms with Gasteiger partial charge in [0.25, 0.3) is 5.91 Å². The molecule has 1 aliphatic rings. The number of hydrogen-bond donors (Lipinski definition) is 1. The fourth-order valence-electron chi connectivity index (χ4n) is 3.39. The number of rotatable bonds is 3. The molecule has 0 saturated carbocycles. The summed E-state index contributed by atoms with van der Waals surface area (Å²) in [6, 6.07) is 17.9. The lowest BCUT2D eigenvalue weighted by Crippen LogP contribution is -2.33. The molecule has 1 aromatic heterocycles. The van der Waals surface area contributed by atoms with Crippen molar-refractivity contribution >= 4 is 17.4 Å². The summed E-state index contributed by atoms with van der Waals surface area (Å²) in [5.74, 6) is 0.635. The number of carbonyl (C=O) groups is 1. The first-order chi connectivity index (χ1) is 12.5. The molecular weight excluding hydrogens is 322 g/mol. The molecule has 1 N–H and O–H groups in total. The molecule has 0 aliphatic carbocycles. The van der Waals surface area contributed by atoms with Gasteiger partial charge in [0.2, 0.25) is 0 Å². The number of nitrogens with zero attached hydrogens (tertiary/aromatic N) is 2. The number of fused-ring (bicyclic) bond motifs is 1. The molecule has 2 aromatic carbocycles. The first-order valence-electron chi connectivity index (χ1n) is 8.73. The maximum atomic E-state index is 13.1. The largest absolute Gasteiger partial charge is 0.361 e. The SMILES string of the molecule is Cc1ccnc(N2C(=O)c3ccccc3[C@@H]2Nc2cc(C)ccc2C)c1. The number of amides is 1. The minimum absolute atomic E-state index is 0.0264. The van der Waals surface area contributed by atoms with Gasteiger partial charge in [-0.15, -0.1) is 0 Å². The molecule has 0 bridgehead atoms. The Kier molecular flexibility index (Phi) is 3.96. The molecule has 2 heterocycles. The average Bonchev–Trinajstić information content (AvgIpc) is 2.91. The molecule has 1 amide bonds. The lowest BCUT2D eigenvalue weighted by molar-refractivity contribution is 0.0992. The number of hydrogen-bond acceptors (Lipinski definition) is 3. The number of carbonyl (C=O) groups excluding carboxylic acids is 1. The van der Waals surface area contributed by atoms with E-state index < -0.39 is 0 Å². The Morgan fingerprint density at radius 2 is 1.73 bits per heavy atom. The Hall–Kier alpha value is -3.14. The van der Waals surface area contributed by atoms with Crippen molar-refractivity contribution in [2.45, 2.75) is 26.9 Å². The van der Waals surface area contributed by atoms with Crippen molar-refractivity contribution in [2.24, 2.45) is 0 Å². The van der Waals surface area contributed by atoms with Crippen LogP contribution in [-0.2, 0) is 0 Å². The molecule has 3 aromatic rings. The van der Waals surface area contributed by atoms with Crippen molar-refractivity contribution in [2.75, 3.05) is 10.2 Å². The molecule has 0 radical (unpaired) electrons. The standard InChI is InChI=1S/C22H21N3O/c1-14-8-9-16(3)19(12-14)24-21-17-6-4-5-7-18(17)22(26)25(21)20-13-15(2)10-11-23-20/h4-13,21,24H,1-3H3/t21-/m1/s1. The van der Waals surface area contributed by atoms with Crippen molar-refractivity contribution in [3.05, 3.63) is 88.6 Å². The summed E-state index contributed by atoms with van der Waals surface area (Å²) in [4.78, 5) is 19.3. The summed E-state index contributed by atoms with van der Waals surface area (Å²) in [6.07, 6.45) is 1.46. The normalized spacial score (nSPS) is 15.9. The Morgan fingerprint density at radius 3 is 2.54 bits per heavy atom. The predicted octanol–water partition coefficient (Wildman–Crippen LogP) is 4.78. The number of anilines is 2. The zero-order valence-corrected chi connectivity index (χ0v) is 15.2. The molecule has 0 saturated heterocycles. The summed E-state index contributed by atoms with van der Waals surface area (Å²) >= 11 is 0. The third kappa shape index (κ3) is 2.73. The maximum absolute atomic E-state index is 13.1. The van der Waals surface area contributed by atoms with Gasteiger partial charge in [-0.25, -0.2) is 4.98 Å². The second-order valence-corrected chi connectivity index (χ2v) is 6.82. The van der Waals surface area contributed by atoms with Gasteiger partial charge >= 0.3 is 0 Å². The van der Waals surface area contributed by atoms with Crippen molar-refractivity contribution in [1.82, 2.24) is 4.98 Å². The molecule has 0 fully saturated rings. The van der Waals surface area contributed by atoms with Crippen molar-refractivity contribution in [1.29, 1.82) is 0 Å². The lowest BCUT2D eigenvalue weighted by Gasteiger charge is -2.27. The van der Waals surface area contributed by atoms with Crippen LogP contribution in [0.5, 0.6) is 0 Å². The van der Waals surface area contributed by atoms with Gasteiger partial charge in [-0.1, -0.05) is 30.3 Å². The van der Waals surface area contributed by atoms with Gasteiger partial charge in [0.1, 0.15) is 12.0 Å². The third-order valence-electron chi connectivity index (χ3n) is 4.80. The molecule has 1 aliphatic heterocycles. The molecule has 130 valence electrons. The molecule has 1 atom stereocenters. The van der Waals surface area contributed by atoms with Crippen LogP contribution in [0.2, 0.25) is 0 Å². The predicted molar refractivity (Wildman–Crippen MR) is 105 cm³/mol. The van der Waals surface area contributed by atoms with E-state index in [0.717, 1.165) is 27.9 Å². The summed E-state index contributed by atoms with van der Waals surface area (Å²) in [6.45, 7) is 6.14. The number of aromatic nitrogens is 1. The first-order valence-corrected chi connectivity index (χ1v) is 8.73. The van der Waals surface area contributed by atoms with Crippen LogP contribution < -0.4 is 10.2 Å². The van der Waals surface area contributed by atoms with E-state index in [-0.39, 0.29) is 12.1 Å². The topological polar surface area (TPSA) is 45.2 Å². The quantitative estimate of drug-likeness (QED) is 0.744. The first kappa shape index (κ1) is 16.3. The Morgan fingerprint density at radius 1 is 0.962 bits per heavy atom. The van der Waals surface area contributed by atoms with E-state index in [1.54, 1.807) is 11.1 Å². The van der Waals surface area contributed by atoms with Gasteiger partial charge in [-0.3, -0.25) is 9.69 Å². The molecule has 4 heteroatoms.